The van der Waals surface area contributed by atoms with E-state index in [1.165, 1.54) is 29.6 Å². The quantitative estimate of drug-likeness (QED) is 0.748. The fourth-order valence-corrected chi connectivity index (χ4v) is 5.43. The number of para-hydroxylation sites is 1. The Labute approximate surface area is 167 Å². The Morgan fingerprint density at radius 1 is 1.07 bits per heavy atom. The average Bonchev–Trinajstić information content (AvgIpc) is 2.69. The SMILES string of the molecule is O=C(CC1CCCCC1)NCCS(=O)(=O)N1CCN(c2ccccc2F)CC1. The Morgan fingerprint density at radius 2 is 1.75 bits per heavy atom. The first-order valence-electron chi connectivity index (χ1n) is 10.2. The number of amides is 1. The molecule has 0 radical (unpaired) electrons. The third kappa shape index (κ3) is 5.67. The Kier molecular flexibility index (Phi) is 7.29. The summed E-state index contributed by atoms with van der Waals surface area (Å²) in [5, 5.41) is 2.76. The largest absolute Gasteiger partial charge is 0.367 e. The normalized spacial score (nSPS) is 19.5. The van der Waals surface area contributed by atoms with Crippen LogP contribution in [0.25, 0.3) is 0 Å². The van der Waals surface area contributed by atoms with E-state index in [9.17, 15) is 17.6 Å². The van der Waals surface area contributed by atoms with Gasteiger partial charge in [0, 0.05) is 39.1 Å². The number of piperazine rings is 1. The number of carbonyl (C=O) groups excluding carboxylic acids is 1. The number of carbonyl (C=O) groups is 1. The monoisotopic (exact) mass is 411 g/mol. The van der Waals surface area contributed by atoms with E-state index in [4.69, 9.17) is 0 Å². The lowest BCUT2D eigenvalue weighted by Crippen LogP contribution is -2.50. The zero-order valence-electron chi connectivity index (χ0n) is 16.3. The molecule has 1 amide bonds. The number of nitrogens with zero attached hydrogens (tertiary/aromatic N) is 2. The number of halogens is 1. The number of nitrogens with one attached hydrogen (secondary N) is 1. The number of rotatable bonds is 7. The van der Waals surface area contributed by atoms with Crippen molar-refractivity contribution in [2.75, 3.05) is 43.4 Å². The van der Waals surface area contributed by atoms with Gasteiger partial charge in [0.15, 0.2) is 0 Å². The molecule has 1 heterocycles. The number of hydrogen-bond acceptors (Lipinski definition) is 4. The van der Waals surface area contributed by atoms with Gasteiger partial charge in [-0.05, 0) is 30.9 Å². The molecule has 1 aromatic rings. The standard InChI is InChI=1S/C20H30FN3O3S/c21-18-8-4-5-9-19(18)23-11-13-24(14-12-23)28(26,27)15-10-22-20(25)16-17-6-2-1-3-7-17/h4-5,8-9,17H,1-3,6-7,10-16H2,(H,22,25). The lowest BCUT2D eigenvalue weighted by molar-refractivity contribution is -0.122. The van der Waals surface area contributed by atoms with Crippen molar-refractivity contribution in [3.63, 3.8) is 0 Å². The Balaban J connectivity index is 1.41. The first-order valence-corrected chi connectivity index (χ1v) is 11.8. The van der Waals surface area contributed by atoms with Gasteiger partial charge in [0.2, 0.25) is 15.9 Å². The minimum atomic E-state index is -3.43. The van der Waals surface area contributed by atoms with Gasteiger partial charge in [0.1, 0.15) is 5.82 Å². The average molecular weight is 412 g/mol. The highest BCUT2D eigenvalue weighted by molar-refractivity contribution is 7.89. The van der Waals surface area contributed by atoms with Gasteiger partial charge in [0.05, 0.1) is 11.4 Å². The van der Waals surface area contributed by atoms with Gasteiger partial charge in [-0.1, -0.05) is 31.4 Å². The molecule has 1 aliphatic heterocycles. The molecule has 28 heavy (non-hydrogen) atoms. The van der Waals surface area contributed by atoms with Crippen LogP contribution in [0.2, 0.25) is 0 Å². The summed E-state index contributed by atoms with van der Waals surface area (Å²) in [6.45, 7) is 1.70. The predicted octanol–water partition coefficient (Wildman–Crippen LogP) is 2.36. The van der Waals surface area contributed by atoms with Gasteiger partial charge in [-0.15, -0.1) is 0 Å². The maximum absolute atomic E-state index is 13.9. The van der Waals surface area contributed by atoms with Crippen LogP contribution >= 0.6 is 0 Å². The van der Waals surface area contributed by atoms with Crippen molar-refractivity contribution in [3.8, 4) is 0 Å². The predicted molar refractivity (Wildman–Crippen MR) is 108 cm³/mol. The molecule has 0 spiro atoms. The summed E-state index contributed by atoms with van der Waals surface area (Å²) in [5.74, 6) is 0.00565. The fraction of sp³-hybridized carbons (Fsp3) is 0.650. The third-order valence-corrected chi connectivity index (χ3v) is 7.58. The molecule has 8 heteroatoms. The molecule has 1 N–H and O–H groups in total. The van der Waals surface area contributed by atoms with E-state index in [1.807, 2.05) is 4.90 Å². The second-order valence-corrected chi connectivity index (χ2v) is 9.80. The maximum atomic E-state index is 13.9. The van der Waals surface area contributed by atoms with Crippen LogP contribution in [0.5, 0.6) is 0 Å². The zero-order chi connectivity index (χ0) is 20.0. The Bertz CT molecular complexity index is 758. The van der Waals surface area contributed by atoms with E-state index in [1.54, 1.807) is 18.2 Å². The lowest BCUT2D eigenvalue weighted by Gasteiger charge is -2.35. The molecule has 3 rings (SSSR count). The van der Waals surface area contributed by atoms with Crippen molar-refractivity contribution in [2.24, 2.45) is 5.92 Å². The molecule has 156 valence electrons. The highest BCUT2D eigenvalue weighted by Crippen LogP contribution is 2.26. The van der Waals surface area contributed by atoms with Crippen molar-refractivity contribution in [1.82, 2.24) is 9.62 Å². The highest BCUT2D eigenvalue weighted by Gasteiger charge is 2.27. The molecule has 0 aromatic heterocycles. The van der Waals surface area contributed by atoms with Gasteiger partial charge in [-0.2, -0.15) is 4.31 Å². The molecular formula is C20H30FN3O3S. The van der Waals surface area contributed by atoms with E-state index in [2.05, 4.69) is 5.32 Å². The number of benzene rings is 1. The molecule has 1 aliphatic carbocycles. The highest BCUT2D eigenvalue weighted by atomic mass is 32.2. The smallest absolute Gasteiger partial charge is 0.220 e. The van der Waals surface area contributed by atoms with Crippen LogP contribution in [-0.4, -0.2) is 57.1 Å². The summed E-state index contributed by atoms with van der Waals surface area (Å²) in [5.41, 5.74) is 0.509. The summed E-state index contributed by atoms with van der Waals surface area (Å²) >= 11 is 0. The van der Waals surface area contributed by atoms with Gasteiger partial charge in [0.25, 0.3) is 0 Å². The molecule has 0 unspecified atom stereocenters. The van der Waals surface area contributed by atoms with Crippen molar-refractivity contribution < 1.29 is 17.6 Å². The molecule has 2 fully saturated rings. The zero-order valence-corrected chi connectivity index (χ0v) is 17.1. The number of hydrogen-bond donors (Lipinski definition) is 1. The van der Waals surface area contributed by atoms with Crippen molar-refractivity contribution in [3.05, 3.63) is 30.1 Å². The summed E-state index contributed by atoms with van der Waals surface area (Å²) < 4.78 is 40.4. The van der Waals surface area contributed by atoms with Crippen molar-refractivity contribution >= 4 is 21.6 Å². The molecule has 0 bridgehead atoms. The third-order valence-electron chi connectivity index (χ3n) is 5.71. The van der Waals surface area contributed by atoms with Crippen molar-refractivity contribution in [2.45, 2.75) is 38.5 Å². The first kappa shape index (κ1) is 21.0. The van der Waals surface area contributed by atoms with Crippen LogP contribution < -0.4 is 10.2 Å². The van der Waals surface area contributed by atoms with Crippen LogP contribution in [-0.2, 0) is 14.8 Å². The summed E-state index contributed by atoms with van der Waals surface area (Å²) in [6.07, 6.45) is 6.31. The van der Waals surface area contributed by atoms with Gasteiger partial charge in [-0.25, -0.2) is 12.8 Å². The molecule has 6 nitrogen and oxygen atoms in total. The first-order chi connectivity index (χ1) is 13.5. The van der Waals surface area contributed by atoms with Gasteiger partial charge < -0.3 is 10.2 Å². The van der Waals surface area contributed by atoms with Crippen molar-refractivity contribution in [1.29, 1.82) is 0 Å². The van der Waals surface area contributed by atoms with Crippen LogP contribution in [0.3, 0.4) is 0 Å². The minimum absolute atomic E-state index is 0.0496. The van der Waals surface area contributed by atoms with E-state index in [-0.39, 0.29) is 24.0 Å². The Hall–Kier alpha value is -1.67. The van der Waals surface area contributed by atoms with Crippen LogP contribution in [0.15, 0.2) is 24.3 Å². The minimum Gasteiger partial charge on any atom is -0.367 e. The van der Waals surface area contributed by atoms with E-state index < -0.39 is 10.0 Å². The summed E-state index contributed by atoms with van der Waals surface area (Å²) in [7, 11) is -3.43. The molecule has 0 atom stereocenters. The van der Waals surface area contributed by atoms with Gasteiger partial charge in [-0.3, -0.25) is 4.79 Å². The topological polar surface area (TPSA) is 69.7 Å². The lowest BCUT2D eigenvalue weighted by atomic mass is 9.87. The summed E-state index contributed by atoms with van der Waals surface area (Å²) in [4.78, 5) is 13.9. The van der Waals surface area contributed by atoms with Crippen LogP contribution in [0, 0.1) is 11.7 Å². The van der Waals surface area contributed by atoms with Crippen LogP contribution in [0.4, 0.5) is 10.1 Å². The number of sulfonamides is 1. The molecule has 1 aromatic carbocycles. The van der Waals surface area contributed by atoms with Crippen LogP contribution in [0.1, 0.15) is 38.5 Å². The fourth-order valence-electron chi connectivity index (χ4n) is 4.09. The molecule has 1 saturated carbocycles. The molecule has 1 saturated heterocycles. The second kappa shape index (κ2) is 9.69. The Morgan fingerprint density at radius 3 is 2.43 bits per heavy atom. The van der Waals surface area contributed by atoms with Gasteiger partial charge >= 0.3 is 0 Å². The molecular weight excluding hydrogens is 381 g/mol. The van der Waals surface area contributed by atoms with E-state index in [0.717, 1.165) is 12.8 Å². The molecule has 2 aliphatic rings. The summed E-state index contributed by atoms with van der Waals surface area (Å²) in [6, 6.07) is 6.54. The number of anilines is 1. The second-order valence-electron chi connectivity index (χ2n) is 7.71. The van der Waals surface area contributed by atoms with E-state index in [0.29, 0.717) is 44.2 Å². The maximum Gasteiger partial charge on any atom is 0.220 e. The van der Waals surface area contributed by atoms with E-state index >= 15 is 0 Å².